The van der Waals surface area contributed by atoms with Gasteiger partial charge in [0, 0.05) is 29.9 Å². The minimum atomic E-state index is -4.55. The number of aryl methyl sites for hydroxylation is 1. The summed E-state index contributed by atoms with van der Waals surface area (Å²) in [4.78, 5) is 12.8. The number of rotatable bonds is 4. The highest BCUT2D eigenvalue weighted by molar-refractivity contribution is 7.15. The Morgan fingerprint density at radius 1 is 1.22 bits per heavy atom. The van der Waals surface area contributed by atoms with Crippen molar-refractivity contribution in [1.82, 2.24) is 15.0 Å². The van der Waals surface area contributed by atoms with Crippen molar-refractivity contribution in [1.29, 1.82) is 5.26 Å². The second-order valence-corrected chi connectivity index (χ2v) is 8.91. The van der Waals surface area contributed by atoms with Crippen molar-refractivity contribution in [2.24, 2.45) is 5.92 Å². The fraction of sp³-hybridized carbons (Fsp3) is 0.364. The van der Waals surface area contributed by atoms with Gasteiger partial charge in [-0.1, -0.05) is 6.07 Å². The Morgan fingerprint density at radius 3 is 2.75 bits per heavy atom. The Kier molecular flexibility index (Phi) is 6.13. The molecule has 0 saturated heterocycles. The lowest BCUT2D eigenvalue weighted by Gasteiger charge is -2.28. The maximum absolute atomic E-state index is 12.9. The monoisotopic (exact) mass is 459 g/mol. The Labute approximate surface area is 186 Å². The number of hydrogen-bond acceptors (Lipinski definition) is 7. The molecule has 0 spiro atoms. The molecule has 1 aliphatic rings. The van der Waals surface area contributed by atoms with Crippen LogP contribution >= 0.6 is 11.3 Å². The third-order valence-corrected chi connectivity index (χ3v) is 6.58. The first-order valence-electron chi connectivity index (χ1n) is 10.1. The van der Waals surface area contributed by atoms with Gasteiger partial charge >= 0.3 is 6.18 Å². The number of thiazole rings is 1. The molecule has 0 radical (unpaired) electrons. The zero-order valence-corrected chi connectivity index (χ0v) is 17.9. The zero-order valence-electron chi connectivity index (χ0n) is 17.1. The van der Waals surface area contributed by atoms with Gasteiger partial charge in [-0.25, -0.2) is 15.0 Å². The van der Waals surface area contributed by atoms with Crippen LogP contribution in [-0.2, 0) is 6.18 Å². The largest absolute Gasteiger partial charge is 0.433 e. The van der Waals surface area contributed by atoms with Crippen molar-refractivity contribution in [2.45, 2.75) is 44.4 Å². The number of hydrogen-bond donors (Lipinski definition) is 2. The summed E-state index contributed by atoms with van der Waals surface area (Å²) < 4.78 is 38.8. The number of aromatic nitrogens is 3. The van der Waals surface area contributed by atoms with E-state index in [2.05, 4.69) is 26.3 Å². The predicted molar refractivity (Wildman–Crippen MR) is 114 cm³/mol. The van der Waals surface area contributed by atoms with Crippen LogP contribution in [0, 0.1) is 24.2 Å². The van der Waals surface area contributed by atoms with E-state index in [0.29, 0.717) is 18.5 Å². The number of alkyl halides is 3. The first-order chi connectivity index (χ1) is 15.2. The number of nitriles is 1. The lowest BCUT2D eigenvalue weighted by atomic mass is 9.81. The van der Waals surface area contributed by atoms with E-state index in [1.807, 2.05) is 13.0 Å². The summed E-state index contributed by atoms with van der Waals surface area (Å²) in [5, 5.41) is 23.2. The van der Waals surface area contributed by atoms with Crippen molar-refractivity contribution in [3.05, 3.63) is 52.9 Å². The lowest BCUT2D eigenvalue weighted by Crippen LogP contribution is -2.27. The van der Waals surface area contributed by atoms with Crippen molar-refractivity contribution in [2.75, 3.05) is 5.32 Å². The number of nitrogens with zero attached hydrogens (tertiary/aromatic N) is 4. The molecule has 1 aromatic carbocycles. The van der Waals surface area contributed by atoms with Gasteiger partial charge in [-0.05, 0) is 55.5 Å². The summed E-state index contributed by atoms with van der Waals surface area (Å²) in [6, 6.07) is 8.60. The van der Waals surface area contributed by atoms with Gasteiger partial charge in [0.1, 0.15) is 5.69 Å². The number of benzene rings is 1. The summed E-state index contributed by atoms with van der Waals surface area (Å²) in [7, 11) is 0. The zero-order chi connectivity index (χ0) is 22.9. The van der Waals surface area contributed by atoms with Crippen LogP contribution in [0.2, 0.25) is 0 Å². The lowest BCUT2D eigenvalue weighted by molar-refractivity contribution is -0.141. The van der Waals surface area contributed by atoms with Gasteiger partial charge in [0.05, 0.1) is 22.1 Å². The predicted octanol–water partition coefficient (Wildman–Crippen LogP) is 5.44. The molecule has 4 rings (SSSR count). The summed E-state index contributed by atoms with van der Waals surface area (Å²) >= 11 is 1.47. The van der Waals surface area contributed by atoms with Crippen molar-refractivity contribution >= 4 is 23.0 Å². The van der Waals surface area contributed by atoms with E-state index < -0.39 is 18.0 Å². The van der Waals surface area contributed by atoms with Crippen LogP contribution in [0.3, 0.4) is 0 Å². The van der Waals surface area contributed by atoms with E-state index in [1.54, 1.807) is 18.3 Å². The molecule has 3 aromatic rings. The summed E-state index contributed by atoms with van der Waals surface area (Å²) in [5.74, 6) is -0.359. The molecule has 32 heavy (non-hydrogen) atoms. The van der Waals surface area contributed by atoms with E-state index >= 15 is 0 Å². The number of halogens is 3. The molecule has 2 N–H and O–H groups in total. The summed E-state index contributed by atoms with van der Waals surface area (Å²) in [5.41, 5.74) is 1.30. The molecule has 3 atom stereocenters. The Balaban J connectivity index is 1.56. The second-order valence-electron chi connectivity index (χ2n) is 7.85. The van der Waals surface area contributed by atoms with E-state index in [-0.39, 0.29) is 17.8 Å². The van der Waals surface area contributed by atoms with Gasteiger partial charge in [-0.15, -0.1) is 11.3 Å². The molecule has 1 saturated carbocycles. The van der Waals surface area contributed by atoms with Crippen LogP contribution in [0.25, 0.3) is 10.4 Å². The number of nitrogens with one attached hydrogen (secondary N) is 1. The average Bonchev–Trinajstić information content (AvgIpc) is 3.23. The number of anilines is 2. The molecular formula is C22H20F3N5OS. The van der Waals surface area contributed by atoms with Crippen LogP contribution in [-0.4, -0.2) is 26.2 Å². The molecule has 166 valence electrons. The van der Waals surface area contributed by atoms with E-state index in [1.165, 1.54) is 11.3 Å². The van der Waals surface area contributed by atoms with Crippen molar-refractivity contribution < 1.29 is 18.3 Å². The van der Waals surface area contributed by atoms with Gasteiger partial charge in [-0.2, -0.15) is 18.4 Å². The Morgan fingerprint density at radius 2 is 2.03 bits per heavy atom. The average molecular weight is 459 g/mol. The van der Waals surface area contributed by atoms with Crippen molar-refractivity contribution in [3.8, 4) is 16.5 Å². The van der Waals surface area contributed by atoms with Crippen LogP contribution in [0.5, 0.6) is 0 Å². The molecule has 3 unspecified atom stereocenters. The first-order valence-corrected chi connectivity index (χ1v) is 10.9. The standard InChI is InChI=1S/C22H20F3N5OS/c1-12-6-14(9-15(7-12)29-21-27-5-4-19(30-21)22(23,24)25)18-11-28-20(32-18)16-3-2-13(10-26)8-17(16)31/h4-7,9,11,13,16-17,31H,2-3,8H2,1H3,(H,27,29,30). The quantitative estimate of drug-likeness (QED) is 0.540. The SMILES string of the molecule is Cc1cc(Nc2nccc(C(F)(F)F)n2)cc(-c2cnc(C3CCC(C#N)CC3O)s2)c1. The molecule has 0 aliphatic heterocycles. The van der Waals surface area contributed by atoms with Crippen LogP contribution in [0.1, 0.15) is 41.4 Å². The maximum Gasteiger partial charge on any atom is 0.433 e. The van der Waals surface area contributed by atoms with Crippen LogP contribution in [0.15, 0.2) is 36.7 Å². The van der Waals surface area contributed by atoms with E-state index in [0.717, 1.165) is 39.7 Å². The topological polar surface area (TPSA) is 94.7 Å². The van der Waals surface area contributed by atoms with Crippen LogP contribution in [0.4, 0.5) is 24.8 Å². The van der Waals surface area contributed by atoms with E-state index in [4.69, 9.17) is 5.26 Å². The molecule has 10 heteroatoms. The summed E-state index contributed by atoms with van der Waals surface area (Å²) in [6.45, 7) is 1.89. The number of aliphatic hydroxyl groups excluding tert-OH is 1. The van der Waals surface area contributed by atoms with Crippen molar-refractivity contribution in [3.63, 3.8) is 0 Å². The fourth-order valence-electron chi connectivity index (χ4n) is 3.85. The Bertz CT molecular complexity index is 1160. The molecule has 0 bridgehead atoms. The van der Waals surface area contributed by atoms with Crippen LogP contribution < -0.4 is 5.32 Å². The second kappa shape index (κ2) is 8.84. The molecule has 2 heterocycles. The minimum Gasteiger partial charge on any atom is -0.392 e. The summed E-state index contributed by atoms with van der Waals surface area (Å²) in [6.07, 6.45) is -0.444. The highest BCUT2D eigenvalue weighted by atomic mass is 32.1. The highest BCUT2D eigenvalue weighted by Crippen LogP contribution is 2.40. The first kappa shape index (κ1) is 22.2. The maximum atomic E-state index is 12.9. The third kappa shape index (κ3) is 4.89. The molecular weight excluding hydrogens is 439 g/mol. The molecule has 1 fully saturated rings. The minimum absolute atomic E-state index is 0.0979. The Hall–Kier alpha value is -3.03. The smallest absolute Gasteiger partial charge is 0.392 e. The molecule has 0 amide bonds. The molecule has 6 nitrogen and oxygen atoms in total. The van der Waals surface area contributed by atoms with Gasteiger partial charge in [0.25, 0.3) is 0 Å². The highest BCUT2D eigenvalue weighted by Gasteiger charge is 2.33. The third-order valence-electron chi connectivity index (χ3n) is 5.40. The normalized spacial score (nSPS) is 21.2. The van der Waals surface area contributed by atoms with Gasteiger partial charge in [0.15, 0.2) is 0 Å². The number of aliphatic hydroxyl groups is 1. The fourth-order valence-corrected chi connectivity index (χ4v) is 4.95. The molecule has 1 aliphatic carbocycles. The molecule has 2 aromatic heterocycles. The van der Waals surface area contributed by atoms with E-state index in [9.17, 15) is 18.3 Å². The van der Waals surface area contributed by atoms with Gasteiger partial charge in [-0.3, -0.25) is 0 Å². The van der Waals surface area contributed by atoms with Gasteiger partial charge < -0.3 is 10.4 Å². The van der Waals surface area contributed by atoms with Gasteiger partial charge in [0.2, 0.25) is 5.95 Å².